The van der Waals surface area contributed by atoms with Gasteiger partial charge >= 0.3 is 0 Å². The fraction of sp³-hybridized carbons (Fsp3) is 0.476. The smallest absolute Gasteiger partial charge is 0.173 e. The third-order valence-electron chi connectivity index (χ3n) is 6.01. The molecule has 0 aromatic carbocycles. The van der Waals surface area contributed by atoms with Gasteiger partial charge in [0.15, 0.2) is 11.6 Å². The zero-order valence-electron chi connectivity index (χ0n) is 18.4. The minimum atomic E-state index is -0.293. The lowest BCUT2D eigenvalue weighted by molar-refractivity contribution is 0.252. The molecule has 1 saturated heterocycles. The van der Waals surface area contributed by atoms with E-state index in [1.165, 1.54) is 6.33 Å². The van der Waals surface area contributed by atoms with Crippen molar-refractivity contribution in [2.24, 2.45) is 0 Å². The Kier molecular flexibility index (Phi) is 5.61. The molecule has 3 aromatic rings. The van der Waals surface area contributed by atoms with Gasteiger partial charge in [-0.25, -0.2) is 19.5 Å². The molecule has 0 radical (unpaired) electrons. The van der Waals surface area contributed by atoms with Crippen LogP contribution in [0.15, 0.2) is 18.6 Å². The summed E-state index contributed by atoms with van der Waals surface area (Å²) in [6.45, 7) is 6.17. The van der Waals surface area contributed by atoms with Crippen LogP contribution in [-0.2, 0) is 0 Å². The Hall–Kier alpha value is -3.45. The Bertz CT molecular complexity index is 1120. The van der Waals surface area contributed by atoms with E-state index in [0.29, 0.717) is 17.7 Å². The van der Waals surface area contributed by atoms with Crippen LogP contribution in [-0.4, -0.2) is 62.7 Å². The lowest BCUT2D eigenvalue weighted by atomic mass is 10.0. The zero-order chi connectivity index (χ0) is 22.1. The molecule has 1 unspecified atom stereocenters. The Morgan fingerprint density at radius 1 is 1.32 bits per heavy atom. The van der Waals surface area contributed by atoms with Gasteiger partial charge in [-0.15, -0.1) is 0 Å². The molecule has 1 aliphatic heterocycles. The number of aromatic nitrogens is 5. The number of nitrogens with one attached hydrogen (secondary N) is 1. The maximum absolute atomic E-state index is 9.41. The molecule has 0 saturated carbocycles. The standard InChI is InChI=1S/C21H28N10/c1-13-5-10-31-17(13)21(30(4)15-6-8-29(3)9-7-15)27-19(28-31)14(2)26-20-16(11-22)18(23)24-12-25-20/h5,10,12,14-15H,6-9H2,1-4H3,(H3,23,24,25,26). The van der Waals surface area contributed by atoms with Crippen LogP contribution in [0.3, 0.4) is 0 Å². The molecule has 1 fully saturated rings. The second kappa shape index (κ2) is 8.35. The topological polar surface area (TPSA) is 124 Å². The van der Waals surface area contributed by atoms with Crippen molar-refractivity contribution in [1.29, 1.82) is 5.26 Å². The van der Waals surface area contributed by atoms with Gasteiger partial charge in [0, 0.05) is 19.3 Å². The van der Waals surface area contributed by atoms with Crippen LogP contribution in [0.2, 0.25) is 0 Å². The summed E-state index contributed by atoms with van der Waals surface area (Å²) in [5.41, 5.74) is 8.19. The SMILES string of the molecule is Cc1ccn2nc(C(C)Nc3ncnc(N)c3C#N)nc(N(C)C3CCN(C)CC3)c12. The van der Waals surface area contributed by atoms with E-state index >= 15 is 0 Å². The fourth-order valence-corrected chi connectivity index (χ4v) is 4.05. The average molecular weight is 421 g/mol. The third kappa shape index (κ3) is 3.96. The van der Waals surface area contributed by atoms with E-state index in [0.717, 1.165) is 42.8 Å². The van der Waals surface area contributed by atoms with Crippen molar-refractivity contribution >= 4 is 23.0 Å². The first-order valence-corrected chi connectivity index (χ1v) is 10.4. The molecule has 31 heavy (non-hydrogen) atoms. The highest BCUT2D eigenvalue weighted by atomic mass is 15.3. The molecule has 0 aliphatic carbocycles. The highest BCUT2D eigenvalue weighted by Gasteiger charge is 2.25. The molecule has 10 heteroatoms. The molecular formula is C21H28N10. The van der Waals surface area contributed by atoms with Crippen LogP contribution < -0.4 is 16.0 Å². The summed E-state index contributed by atoms with van der Waals surface area (Å²) in [5, 5.41) is 17.4. The molecule has 10 nitrogen and oxygen atoms in total. The van der Waals surface area contributed by atoms with Crippen LogP contribution in [0.4, 0.5) is 17.5 Å². The van der Waals surface area contributed by atoms with Crippen molar-refractivity contribution in [2.45, 2.75) is 38.8 Å². The summed E-state index contributed by atoms with van der Waals surface area (Å²) in [5.74, 6) is 2.05. The number of anilines is 3. The summed E-state index contributed by atoms with van der Waals surface area (Å²) >= 11 is 0. The Balaban J connectivity index is 1.69. The second-order valence-corrected chi connectivity index (χ2v) is 8.19. The third-order valence-corrected chi connectivity index (χ3v) is 6.01. The maximum atomic E-state index is 9.41. The van der Waals surface area contributed by atoms with Gasteiger partial charge in [0.05, 0.1) is 6.04 Å². The highest BCUT2D eigenvalue weighted by Crippen LogP contribution is 2.29. The van der Waals surface area contributed by atoms with Crippen LogP contribution >= 0.6 is 0 Å². The normalized spacial score (nSPS) is 16.2. The van der Waals surface area contributed by atoms with Gasteiger partial charge in [-0.3, -0.25) is 0 Å². The molecule has 0 bridgehead atoms. The van der Waals surface area contributed by atoms with Gasteiger partial charge in [0.25, 0.3) is 0 Å². The van der Waals surface area contributed by atoms with E-state index in [1.807, 2.05) is 17.6 Å². The predicted molar refractivity (Wildman–Crippen MR) is 120 cm³/mol. The molecule has 1 aliphatic rings. The Labute approximate surface area is 181 Å². The number of piperidine rings is 1. The van der Waals surface area contributed by atoms with Gasteiger partial charge in [0.1, 0.15) is 35.1 Å². The Morgan fingerprint density at radius 2 is 2.06 bits per heavy atom. The largest absolute Gasteiger partial charge is 0.382 e. The number of fused-ring (bicyclic) bond motifs is 1. The van der Waals surface area contributed by atoms with E-state index < -0.39 is 0 Å². The van der Waals surface area contributed by atoms with Crippen molar-refractivity contribution in [2.75, 3.05) is 43.1 Å². The first kappa shape index (κ1) is 20.8. The molecule has 162 valence electrons. The summed E-state index contributed by atoms with van der Waals surface area (Å²) < 4.78 is 1.89. The van der Waals surface area contributed by atoms with E-state index in [9.17, 15) is 5.26 Å². The number of hydrogen-bond acceptors (Lipinski definition) is 9. The van der Waals surface area contributed by atoms with Crippen molar-refractivity contribution in [1.82, 2.24) is 29.5 Å². The quantitative estimate of drug-likeness (QED) is 0.637. The van der Waals surface area contributed by atoms with Gasteiger partial charge in [0.2, 0.25) is 0 Å². The molecule has 4 heterocycles. The average Bonchev–Trinajstić information content (AvgIpc) is 3.14. The summed E-state index contributed by atoms with van der Waals surface area (Å²) in [6, 6.07) is 4.24. The lowest BCUT2D eigenvalue weighted by Crippen LogP contribution is -2.42. The van der Waals surface area contributed by atoms with Gasteiger partial charge in [-0.1, -0.05) is 0 Å². The Morgan fingerprint density at radius 3 is 2.77 bits per heavy atom. The molecule has 1 atom stereocenters. The molecule has 3 N–H and O–H groups in total. The van der Waals surface area contributed by atoms with Crippen molar-refractivity contribution in [3.05, 3.63) is 35.5 Å². The number of rotatable bonds is 5. The molecule has 0 spiro atoms. The van der Waals surface area contributed by atoms with Crippen molar-refractivity contribution in [3.8, 4) is 6.07 Å². The van der Waals surface area contributed by atoms with Crippen molar-refractivity contribution in [3.63, 3.8) is 0 Å². The summed E-state index contributed by atoms with van der Waals surface area (Å²) in [7, 11) is 4.28. The number of aryl methyl sites for hydroxylation is 1. The van der Waals surface area contributed by atoms with Gasteiger partial charge in [-0.05, 0) is 58.5 Å². The minimum absolute atomic E-state index is 0.146. The minimum Gasteiger partial charge on any atom is -0.382 e. The van der Waals surface area contributed by atoms with Gasteiger partial charge in [-0.2, -0.15) is 10.4 Å². The predicted octanol–water partition coefficient (Wildman–Crippen LogP) is 1.99. The fourth-order valence-electron chi connectivity index (χ4n) is 4.05. The lowest BCUT2D eigenvalue weighted by Gasteiger charge is -2.36. The van der Waals surface area contributed by atoms with Crippen LogP contribution in [0.1, 0.15) is 42.8 Å². The van der Waals surface area contributed by atoms with E-state index in [2.05, 4.69) is 58.2 Å². The first-order valence-electron chi connectivity index (χ1n) is 10.4. The number of likely N-dealkylation sites (tertiary alicyclic amines) is 1. The van der Waals surface area contributed by atoms with Crippen LogP contribution in [0.5, 0.6) is 0 Å². The summed E-state index contributed by atoms with van der Waals surface area (Å²) in [6.07, 6.45) is 5.48. The first-order chi connectivity index (χ1) is 14.9. The van der Waals surface area contributed by atoms with Crippen LogP contribution in [0, 0.1) is 18.3 Å². The zero-order valence-corrected chi connectivity index (χ0v) is 18.4. The monoisotopic (exact) mass is 420 g/mol. The molecule has 4 rings (SSSR count). The maximum Gasteiger partial charge on any atom is 0.173 e. The summed E-state index contributed by atoms with van der Waals surface area (Å²) in [4.78, 5) is 17.7. The van der Waals surface area contributed by atoms with E-state index in [1.54, 1.807) is 0 Å². The number of nitriles is 1. The molecule has 3 aromatic heterocycles. The molecule has 0 amide bonds. The number of nitrogens with two attached hydrogens (primary N) is 1. The van der Waals surface area contributed by atoms with Crippen LogP contribution in [0.25, 0.3) is 5.52 Å². The number of nitrogen functional groups attached to an aromatic ring is 1. The van der Waals surface area contributed by atoms with Gasteiger partial charge < -0.3 is 20.9 Å². The second-order valence-electron chi connectivity index (χ2n) is 8.19. The number of nitrogens with zero attached hydrogens (tertiary/aromatic N) is 8. The van der Waals surface area contributed by atoms with E-state index in [4.69, 9.17) is 15.8 Å². The highest BCUT2D eigenvalue weighted by molar-refractivity contribution is 5.73. The van der Waals surface area contributed by atoms with E-state index in [-0.39, 0.29) is 17.4 Å². The number of hydrogen-bond donors (Lipinski definition) is 2. The molecular weight excluding hydrogens is 392 g/mol. The van der Waals surface area contributed by atoms with Crippen molar-refractivity contribution < 1.29 is 0 Å².